The maximum Gasteiger partial charge on any atom is 0.303 e. The minimum Gasteiger partial charge on any atom is -0.491 e. The first kappa shape index (κ1) is 13.3. The molecule has 1 aliphatic carbocycles. The second-order valence-electron chi connectivity index (χ2n) is 4.59. The molecule has 5 nitrogen and oxygen atoms in total. The lowest BCUT2D eigenvalue weighted by atomic mass is 10.1. The molecule has 1 aromatic carbocycles. The van der Waals surface area contributed by atoms with Crippen molar-refractivity contribution in [3.8, 4) is 5.75 Å². The molecule has 1 aromatic rings. The van der Waals surface area contributed by atoms with Crippen LogP contribution in [0.3, 0.4) is 0 Å². The summed E-state index contributed by atoms with van der Waals surface area (Å²) in [6.45, 7) is 4.89. The predicted molar refractivity (Wildman–Crippen MR) is 66.4 cm³/mol. The summed E-state index contributed by atoms with van der Waals surface area (Å²) < 4.78 is 10.2. The first-order valence-electron chi connectivity index (χ1n) is 5.96. The van der Waals surface area contributed by atoms with E-state index in [1.807, 2.05) is 13.8 Å². The van der Waals surface area contributed by atoms with Crippen molar-refractivity contribution in [2.45, 2.75) is 33.0 Å². The molecule has 0 heterocycles. The van der Waals surface area contributed by atoms with Gasteiger partial charge in [-0.3, -0.25) is 14.4 Å². The third-order valence-corrected chi connectivity index (χ3v) is 2.65. The Kier molecular flexibility index (Phi) is 3.38. The molecule has 0 fully saturated rings. The summed E-state index contributed by atoms with van der Waals surface area (Å²) in [6.07, 6.45) is -1.38. The van der Waals surface area contributed by atoms with E-state index >= 15 is 0 Å². The van der Waals surface area contributed by atoms with Crippen molar-refractivity contribution in [1.82, 2.24) is 0 Å². The monoisotopic (exact) mass is 262 g/mol. The SMILES string of the molecule is CC(=O)OC1C(=O)c2ccc(OC(C)C)cc2C1=O. The Morgan fingerprint density at radius 3 is 2.37 bits per heavy atom. The summed E-state index contributed by atoms with van der Waals surface area (Å²) in [5, 5.41) is 0. The van der Waals surface area contributed by atoms with E-state index < -0.39 is 23.6 Å². The van der Waals surface area contributed by atoms with Crippen molar-refractivity contribution in [3.63, 3.8) is 0 Å². The van der Waals surface area contributed by atoms with Crippen LogP contribution < -0.4 is 4.74 Å². The number of fused-ring (bicyclic) bond motifs is 1. The molecule has 19 heavy (non-hydrogen) atoms. The third-order valence-electron chi connectivity index (χ3n) is 2.65. The minimum absolute atomic E-state index is 0.0328. The number of rotatable bonds is 3. The highest BCUT2D eigenvalue weighted by Gasteiger charge is 2.41. The molecule has 0 N–H and O–H groups in total. The smallest absolute Gasteiger partial charge is 0.303 e. The number of carbonyl (C=O) groups excluding carboxylic acids is 3. The van der Waals surface area contributed by atoms with Gasteiger partial charge >= 0.3 is 5.97 Å². The molecule has 2 rings (SSSR count). The van der Waals surface area contributed by atoms with Crippen LogP contribution in [-0.2, 0) is 9.53 Å². The van der Waals surface area contributed by atoms with E-state index in [2.05, 4.69) is 0 Å². The highest BCUT2D eigenvalue weighted by Crippen LogP contribution is 2.28. The van der Waals surface area contributed by atoms with Gasteiger partial charge in [0.1, 0.15) is 5.75 Å². The average Bonchev–Trinajstić information content (AvgIpc) is 2.53. The van der Waals surface area contributed by atoms with Gasteiger partial charge in [0.2, 0.25) is 17.7 Å². The van der Waals surface area contributed by atoms with Gasteiger partial charge in [0, 0.05) is 18.1 Å². The fraction of sp³-hybridized carbons (Fsp3) is 0.357. The van der Waals surface area contributed by atoms with Crippen LogP contribution in [0.2, 0.25) is 0 Å². The molecule has 0 spiro atoms. The number of ether oxygens (including phenoxy) is 2. The number of hydrogen-bond acceptors (Lipinski definition) is 5. The van der Waals surface area contributed by atoms with Crippen LogP contribution in [0.1, 0.15) is 41.5 Å². The lowest BCUT2D eigenvalue weighted by Gasteiger charge is -2.10. The number of Topliss-reactive ketones (excluding diaryl/α,β-unsaturated/α-hetero) is 2. The molecule has 1 atom stereocenters. The lowest BCUT2D eigenvalue weighted by Crippen LogP contribution is -2.27. The third kappa shape index (κ3) is 2.50. The second kappa shape index (κ2) is 4.84. The Bertz CT molecular complexity index is 559. The fourth-order valence-electron chi connectivity index (χ4n) is 1.96. The quantitative estimate of drug-likeness (QED) is 0.613. The molecule has 0 saturated heterocycles. The summed E-state index contributed by atoms with van der Waals surface area (Å²) in [5.74, 6) is -1.12. The number of ketones is 2. The van der Waals surface area contributed by atoms with Crippen LogP contribution >= 0.6 is 0 Å². The second-order valence-corrected chi connectivity index (χ2v) is 4.59. The average molecular weight is 262 g/mol. The largest absolute Gasteiger partial charge is 0.491 e. The van der Waals surface area contributed by atoms with Gasteiger partial charge < -0.3 is 9.47 Å². The topological polar surface area (TPSA) is 69.7 Å². The van der Waals surface area contributed by atoms with Crippen molar-refractivity contribution in [2.75, 3.05) is 0 Å². The van der Waals surface area contributed by atoms with Crippen molar-refractivity contribution >= 4 is 17.5 Å². The Balaban J connectivity index is 2.34. The van der Waals surface area contributed by atoms with Crippen LogP contribution in [0.25, 0.3) is 0 Å². The van der Waals surface area contributed by atoms with E-state index in [4.69, 9.17) is 9.47 Å². The summed E-state index contributed by atoms with van der Waals surface area (Å²) in [5.41, 5.74) is 0.516. The van der Waals surface area contributed by atoms with Crippen LogP contribution in [0.4, 0.5) is 0 Å². The zero-order valence-corrected chi connectivity index (χ0v) is 10.9. The van der Waals surface area contributed by atoms with E-state index in [0.29, 0.717) is 5.75 Å². The summed E-state index contributed by atoms with van der Waals surface area (Å²) in [4.78, 5) is 34.9. The lowest BCUT2D eigenvalue weighted by molar-refractivity contribution is -0.142. The van der Waals surface area contributed by atoms with E-state index in [0.717, 1.165) is 6.92 Å². The summed E-state index contributed by atoms with van der Waals surface area (Å²) >= 11 is 0. The first-order chi connectivity index (χ1) is 8.90. The molecule has 0 radical (unpaired) electrons. The Hall–Kier alpha value is -2.17. The first-order valence-corrected chi connectivity index (χ1v) is 5.96. The van der Waals surface area contributed by atoms with Crippen molar-refractivity contribution in [1.29, 1.82) is 0 Å². The van der Waals surface area contributed by atoms with E-state index in [1.165, 1.54) is 12.1 Å². The summed E-state index contributed by atoms with van der Waals surface area (Å²) in [6, 6.07) is 4.66. The van der Waals surface area contributed by atoms with Crippen LogP contribution in [0.15, 0.2) is 18.2 Å². The van der Waals surface area contributed by atoms with E-state index in [1.54, 1.807) is 6.07 Å². The molecule has 1 aliphatic rings. The molecule has 0 bridgehead atoms. The molecule has 100 valence electrons. The normalized spacial score (nSPS) is 17.6. The van der Waals surface area contributed by atoms with Gasteiger partial charge in [-0.1, -0.05) is 0 Å². The van der Waals surface area contributed by atoms with Crippen LogP contribution in [-0.4, -0.2) is 29.7 Å². The van der Waals surface area contributed by atoms with Gasteiger partial charge in [-0.2, -0.15) is 0 Å². The number of benzene rings is 1. The van der Waals surface area contributed by atoms with Gasteiger partial charge in [-0.25, -0.2) is 0 Å². The molecule has 5 heteroatoms. The highest BCUT2D eigenvalue weighted by molar-refractivity contribution is 6.29. The molecule has 0 aliphatic heterocycles. The molecule has 0 saturated carbocycles. The van der Waals surface area contributed by atoms with Crippen molar-refractivity contribution < 1.29 is 23.9 Å². The van der Waals surface area contributed by atoms with Gasteiger partial charge in [0.05, 0.1) is 6.10 Å². The van der Waals surface area contributed by atoms with Crippen molar-refractivity contribution in [2.24, 2.45) is 0 Å². The molecular weight excluding hydrogens is 248 g/mol. The zero-order valence-electron chi connectivity index (χ0n) is 10.9. The highest BCUT2D eigenvalue weighted by atomic mass is 16.5. The number of carbonyl (C=O) groups is 3. The van der Waals surface area contributed by atoms with E-state index in [9.17, 15) is 14.4 Å². The zero-order chi connectivity index (χ0) is 14.2. The van der Waals surface area contributed by atoms with Crippen molar-refractivity contribution in [3.05, 3.63) is 29.3 Å². The molecule has 0 aromatic heterocycles. The standard InChI is InChI=1S/C14H14O5/c1-7(2)18-9-4-5-10-11(6-9)13(17)14(12(10)16)19-8(3)15/h4-7,14H,1-3H3. The Labute approximate surface area is 110 Å². The Morgan fingerprint density at radius 2 is 1.79 bits per heavy atom. The maximum absolute atomic E-state index is 12.0. The molecular formula is C14H14O5. The van der Waals surface area contributed by atoms with Gasteiger partial charge in [0.25, 0.3) is 0 Å². The fourth-order valence-corrected chi connectivity index (χ4v) is 1.96. The van der Waals surface area contributed by atoms with Gasteiger partial charge in [-0.15, -0.1) is 0 Å². The molecule has 0 amide bonds. The molecule has 1 unspecified atom stereocenters. The Morgan fingerprint density at radius 1 is 1.16 bits per heavy atom. The van der Waals surface area contributed by atoms with Crippen LogP contribution in [0.5, 0.6) is 5.75 Å². The number of hydrogen-bond donors (Lipinski definition) is 0. The predicted octanol–water partition coefficient (Wildman–Crippen LogP) is 1.78. The van der Waals surface area contributed by atoms with Gasteiger partial charge in [0.15, 0.2) is 0 Å². The van der Waals surface area contributed by atoms with Crippen LogP contribution in [0, 0.1) is 0 Å². The maximum atomic E-state index is 12.0. The number of esters is 1. The minimum atomic E-state index is -1.35. The van der Waals surface area contributed by atoms with E-state index in [-0.39, 0.29) is 17.2 Å². The van der Waals surface area contributed by atoms with Gasteiger partial charge in [-0.05, 0) is 32.0 Å². The summed E-state index contributed by atoms with van der Waals surface area (Å²) in [7, 11) is 0.